The summed E-state index contributed by atoms with van der Waals surface area (Å²) in [5.74, 6) is -1.75. The van der Waals surface area contributed by atoms with Crippen LogP contribution in [0.2, 0.25) is 0 Å². The van der Waals surface area contributed by atoms with Crippen molar-refractivity contribution in [2.24, 2.45) is 11.8 Å². The lowest BCUT2D eigenvalue weighted by Gasteiger charge is -1.99. The number of ether oxygens (including phenoxy) is 1. The number of carbonyl (C=O) groups excluding carboxylic acids is 1. The SMILES string of the molecule is CCOC(=O)[C@H]1CC1C(F)F. The Balaban J connectivity index is 2.26. The monoisotopic (exact) mass is 164 g/mol. The summed E-state index contributed by atoms with van der Waals surface area (Å²) in [6, 6.07) is 0. The Labute approximate surface area is 63.5 Å². The molecule has 0 bridgehead atoms. The van der Waals surface area contributed by atoms with Gasteiger partial charge in [-0.05, 0) is 13.3 Å². The summed E-state index contributed by atoms with van der Waals surface area (Å²) >= 11 is 0. The first-order valence-corrected chi connectivity index (χ1v) is 3.61. The van der Waals surface area contributed by atoms with E-state index in [4.69, 9.17) is 0 Å². The first-order valence-electron chi connectivity index (χ1n) is 3.61. The predicted molar refractivity (Wildman–Crippen MR) is 34.2 cm³/mol. The minimum atomic E-state index is -2.37. The summed E-state index contributed by atoms with van der Waals surface area (Å²) in [6.07, 6.45) is -2.08. The van der Waals surface area contributed by atoms with Crippen molar-refractivity contribution in [3.05, 3.63) is 0 Å². The molecule has 1 aliphatic rings. The van der Waals surface area contributed by atoms with E-state index in [1.807, 2.05) is 0 Å². The van der Waals surface area contributed by atoms with Crippen molar-refractivity contribution in [3.8, 4) is 0 Å². The minimum Gasteiger partial charge on any atom is -0.466 e. The second-order valence-electron chi connectivity index (χ2n) is 2.59. The van der Waals surface area contributed by atoms with Crippen molar-refractivity contribution in [3.63, 3.8) is 0 Å². The maximum atomic E-state index is 11.9. The molecule has 0 aliphatic heterocycles. The van der Waals surface area contributed by atoms with Crippen LogP contribution in [0.15, 0.2) is 0 Å². The van der Waals surface area contributed by atoms with E-state index in [-0.39, 0.29) is 13.0 Å². The van der Waals surface area contributed by atoms with E-state index in [0.717, 1.165) is 0 Å². The van der Waals surface area contributed by atoms with E-state index in [2.05, 4.69) is 4.74 Å². The third-order valence-electron chi connectivity index (χ3n) is 1.75. The second kappa shape index (κ2) is 3.15. The van der Waals surface area contributed by atoms with Crippen LogP contribution >= 0.6 is 0 Å². The lowest BCUT2D eigenvalue weighted by molar-refractivity contribution is -0.145. The van der Waals surface area contributed by atoms with Crippen LogP contribution in [0.25, 0.3) is 0 Å². The fourth-order valence-electron chi connectivity index (χ4n) is 1.01. The van der Waals surface area contributed by atoms with Gasteiger partial charge in [0, 0.05) is 5.92 Å². The molecule has 1 rings (SSSR count). The highest BCUT2D eigenvalue weighted by molar-refractivity contribution is 5.75. The maximum Gasteiger partial charge on any atom is 0.309 e. The van der Waals surface area contributed by atoms with Crippen LogP contribution in [0, 0.1) is 11.8 Å². The molecule has 0 heterocycles. The van der Waals surface area contributed by atoms with Gasteiger partial charge in [-0.1, -0.05) is 0 Å². The van der Waals surface area contributed by atoms with Gasteiger partial charge < -0.3 is 4.74 Å². The van der Waals surface area contributed by atoms with Gasteiger partial charge >= 0.3 is 5.97 Å². The van der Waals surface area contributed by atoms with E-state index in [1.165, 1.54) is 0 Å². The van der Waals surface area contributed by atoms with Gasteiger partial charge in [-0.25, -0.2) is 8.78 Å². The molecule has 0 aromatic carbocycles. The van der Waals surface area contributed by atoms with Crippen LogP contribution in [0.4, 0.5) is 8.78 Å². The molecule has 1 unspecified atom stereocenters. The molecule has 1 aliphatic carbocycles. The topological polar surface area (TPSA) is 26.3 Å². The molecule has 1 fully saturated rings. The first-order chi connectivity index (χ1) is 5.16. The van der Waals surface area contributed by atoms with Crippen LogP contribution in [-0.4, -0.2) is 19.0 Å². The summed E-state index contributed by atoms with van der Waals surface area (Å²) < 4.78 is 28.3. The standard InChI is InChI=1S/C7H10F2O2/c1-2-11-7(10)5-3-4(5)6(8)9/h4-6H,2-3H2,1H3/t4?,5-/m0/s1. The van der Waals surface area contributed by atoms with E-state index >= 15 is 0 Å². The van der Waals surface area contributed by atoms with Crippen LogP contribution in [0.3, 0.4) is 0 Å². The molecule has 0 N–H and O–H groups in total. The van der Waals surface area contributed by atoms with Gasteiger partial charge in [0.2, 0.25) is 6.43 Å². The fourth-order valence-corrected chi connectivity index (χ4v) is 1.01. The summed E-state index contributed by atoms with van der Waals surface area (Å²) in [7, 11) is 0. The lowest BCUT2D eigenvalue weighted by atomic mass is 10.3. The Morgan fingerprint density at radius 2 is 2.36 bits per heavy atom. The number of halogens is 2. The quantitative estimate of drug-likeness (QED) is 0.590. The van der Waals surface area contributed by atoms with Gasteiger partial charge in [0.05, 0.1) is 12.5 Å². The second-order valence-corrected chi connectivity index (χ2v) is 2.59. The van der Waals surface area contributed by atoms with Crippen molar-refractivity contribution in [1.29, 1.82) is 0 Å². The van der Waals surface area contributed by atoms with Gasteiger partial charge in [-0.3, -0.25) is 4.79 Å². The van der Waals surface area contributed by atoms with Crippen LogP contribution < -0.4 is 0 Å². The highest BCUT2D eigenvalue weighted by Gasteiger charge is 2.49. The van der Waals surface area contributed by atoms with Gasteiger partial charge in [0.25, 0.3) is 0 Å². The van der Waals surface area contributed by atoms with Crippen molar-refractivity contribution in [1.82, 2.24) is 0 Å². The third-order valence-corrected chi connectivity index (χ3v) is 1.75. The number of hydrogen-bond donors (Lipinski definition) is 0. The molecule has 1 saturated carbocycles. The highest BCUT2D eigenvalue weighted by Crippen LogP contribution is 2.43. The van der Waals surface area contributed by atoms with E-state index < -0.39 is 24.2 Å². The molecule has 0 aromatic rings. The highest BCUT2D eigenvalue weighted by atomic mass is 19.3. The van der Waals surface area contributed by atoms with Crippen molar-refractivity contribution in [2.45, 2.75) is 19.8 Å². The number of alkyl halides is 2. The summed E-state index contributed by atoms with van der Waals surface area (Å²) in [4.78, 5) is 10.8. The maximum absolute atomic E-state index is 11.9. The van der Waals surface area contributed by atoms with Crippen molar-refractivity contribution < 1.29 is 18.3 Å². The van der Waals surface area contributed by atoms with E-state index in [1.54, 1.807) is 6.92 Å². The predicted octanol–water partition coefficient (Wildman–Crippen LogP) is 1.45. The molecule has 0 aromatic heterocycles. The molecule has 2 atom stereocenters. The first kappa shape index (κ1) is 8.43. The van der Waals surface area contributed by atoms with Crippen molar-refractivity contribution >= 4 is 5.97 Å². The molecule has 2 nitrogen and oxygen atoms in total. The lowest BCUT2D eigenvalue weighted by Crippen LogP contribution is -2.09. The van der Waals surface area contributed by atoms with Gasteiger partial charge in [-0.15, -0.1) is 0 Å². The summed E-state index contributed by atoms with van der Waals surface area (Å²) in [5.41, 5.74) is 0. The zero-order valence-corrected chi connectivity index (χ0v) is 6.22. The Kier molecular flexibility index (Phi) is 2.42. The molecule has 0 amide bonds. The Hall–Kier alpha value is -0.670. The number of esters is 1. The molecule has 0 spiro atoms. The van der Waals surface area contributed by atoms with Gasteiger partial charge in [-0.2, -0.15) is 0 Å². The fraction of sp³-hybridized carbons (Fsp3) is 0.857. The molecule has 0 saturated heterocycles. The number of rotatable bonds is 3. The smallest absolute Gasteiger partial charge is 0.309 e. The summed E-state index contributed by atoms with van der Waals surface area (Å²) in [6.45, 7) is 1.93. The zero-order valence-electron chi connectivity index (χ0n) is 6.22. The van der Waals surface area contributed by atoms with Gasteiger partial charge in [0.1, 0.15) is 0 Å². The molecular weight excluding hydrogens is 154 g/mol. The summed E-state index contributed by atoms with van der Waals surface area (Å²) in [5, 5.41) is 0. The van der Waals surface area contributed by atoms with Crippen LogP contribution in [-0.2, 0) is 9.53 Å². The minimum absolute atomic E-state index is 0.269. The van der Waals surface area contributed by atoms with Crippen LogP contribution in [0.1, 0.15) is 13.3 Å². The average Bonchev–Trinajstić information content (AvgIpc) is 2.65. The van der Waals surface area contributed by atoms with E-state index in [9.17, 15) is 13.6 Å². The Morgan fingerprint density at radius 3 is 2.73 bits per heavy atom. The third kappa shape index (κ3) is 1.88. The molecule has 64 valence electrons. The normalized spacial score (nSPS) is 28.7. The number of hydrogen-bond acceptors (Lipinski definition) is 2. The molecule has 0 radical (unpaired) electrons. The molecular formula is C7H10F2O2. The van der Waals surface area contributed by atoms with Crippen LogP contribution in [0.5, 0.6) is 0 Å². The molecule has 4 heteroatoms. The largest absolute Gasteiger partial charge is 0.466 e. The average molecular weight is 164 g/mol. The Morgan fingerprint density at radius 1 is 1.73 bits per heavy atom. The zero-order chi connectivity index (χ0) is 8.43. The van der Waals surface area contributed by atoms with E-state index in [0.29, 0.717) is 0 Å². The Bertz CT molecular complexity index is 159. The molecule has 11 heavy (non-hydrogen) atoms. The van der Waals surface area contributed by atoms with Crippen molar-refractivity contribution in [2.75, 3.05) is 6.61 Å². The van der Waals surface area contributed by atoms with Gasteiger partial charge in [0.15, 0.2) is 0 Å². The number of carbonyl (C=O) groups is 1.